The highest BCUT2D eigenvalue weighted by atomic mass is 127. The maximum Gasteiger partial charge on any atom is 0.191 e. The van der Waals surface area contributed by atoms with Gasteiger partial charge in [0.05, 0.1) is 6.54 Å². The van der Waals surface area contributed by atoms with Crippen molar-refractivity contribution in [1.82, 2.24) is 10.6 Å². The summed E-state index contributed by atoms with van der Waals surface area (Å²) < 4.78 is 0. The molecule has 1 aromatic heterocycles. The number of hydrogen-bond donors (Lipinski definition) is 2. The third-order valence-corrected chi connectivity index (χ3v) is 4.40. The van der Waals surface area contributed by atoms with E-state index >= 15 is 0 Å². The van der Waals surface area contributed by atoms with Crippen LogP contribution in [-0.4, -0.2) is 31.6 Å². The number of hydrogen-bond acceptors (Lipinski definition) is 3. The van der Waals surface area contributed by atoms with Gasteiger partial charge in [0.1, 0.15) is 0 Å². The Kier molecular flexibility index (Phi) is 11.9. The number of rotatable bonds is 7. The number of nitrogens with zero attached hydrogens (tertiary/aromatic N) is 1. The Bertz CT molecular complexity index is 367. The van der Waals surface area contributed by atoms with E-state index in [0.29, 0.717) is 0 Å². The molecule has 19 heavy (non-hydrogen) atoms. The molecule has 1 rings (SSSR count). The van der Waals surface area contributed by atoms with Gasteiger partial charge in [-0.2, -0.15) is 11.8 Å². The molecule has 1 aromatic rings. The predicted octanol–water partition coefficient (Wildman–Crippen LogP) is 3.48. The lowest BCUT2D eigenvalue weighted by atomic mass is 10.3. The van der Waals surface area contributed by atoms with Gasteiger partial charge in [-0.3, -0.25) is 4.99 Å². The van der Waals surface area contributed by atoms with E-state index in [0.717, 1.165) is 19.0 Å². The second-order valence-electron chi connectivity index (χ2n) is 4.08. The van der Waals surface area contributed by atoms with Crippen LogP contribution in [0.2, 0.25) is 0 Å². The molecule has 0 amide bonds. The number of nitrogens with one attached hydrogen (secondary N) is 2. The molecule has 0 aliphatic carbocycles. The van der Waals surface area contributed by atoms with Crippen LogP contribution in [0.25, 0.3) is 0 Å². The zero-order valence-corrected chi connectivity index (χ0v) is 15.8. The normalized spacial score (nSPS) is 11.0. The second-order valence-corrected chi connectivity index (χ2v) is 6.07. The number of unbranched alkanes of at least 4 members (excludes halogenated alkanes) is 1. The Balaban J connectivity index is 0.00000324. The first-order valence-corrected chi connectivity index (χ1v) is 8.51. The smallest absolute Gasteiger partial charge is 0.191 e. The number of thioether (sulfide) groups is 1. The van der Waals surface area contributed by atoms with E-state index in [1.165, 1.54) is 29.0 Å². The molecule has 0 radical (unpaired) electrons. The van der Waals surface area contributed by atoms with Gasteiger partial charge in [-0.1, -0.05) is 0 Å². The molecule has 1 heterocycles. The molecule has 6 heteroatoms. The van der Waals surface area contributed by atoms with Crippen molar-refractivity contribution in [2.24, 2.45) is 4.99 Å². The summed E-state index contributed by atoms with van der Waals surface area (Å²) in [6.45, 7) is 3.99. The van der Waals surface area contributed by atoms with Gasteiger partial charge in [-0.25, -0.2) is 0 Å². The van der Waals surface area contributed by atoms with E-state index in [2.05, 4.69) is 40.3 Å². The highest BCUT2D eigenvalue weighted by Gasteiger charge is 2.01. The second kappa shape index (κ2) is 11.8. The molecule has 3 nitrogen and oxygen atoms in total. The number of guanidine groups is 1. The van der Waals surface area contributed by atoms with Gasteiger partial charge in [0.25, 0.3) is 0 Å². The largest absolute Gasteiger partial charge is 0.356 e. The number of aryl methyl sites for hydroxylation is 1. The lowest BCUT2D eigenvalue weighted by Gasteiger charge is -2.11. The van der Waals surface area contributed by atoms with Crippen molar-refractivity contribution in [3.05, 3.63) is 21.9 Å². The van der Waals surface area contributed by atoms with Crippen molar-refractivity contribution in [3.8, 4) is 0 Å². The Hall–Kier alpha value is 0.0500. The number of thiophene rings is 1. The number of halogens is 1. The van der Waals surface area contributed by atoms with E-state index < -0.39 is 0 Å². The molecule has 0 bridgehead atoms. The van der Waals surface area contributed by atoms with Gasteiger partial charge >= 0.3 is 0 Å². The molecule has 0 fully saturated rings. The predicted molar refractivity (Wildman–Crippen MR) is 100 cm³/mol. The third-order valence-electron chi connectivity index (χ3n) is 2.68. The maximum atomic E-state index is 4.23. The van der Waals surface area contributed by atoms with E-state index in [9.17, 15) is 0 Å². The van der Waals surface area contributed by atoms with E-state index in [1.807, 2.05) is 18.8 Å². The van der Waals surface area contributed by atoms with Gasteiger partial charge < -0.3 is 10.6 Å². The monoisotopic (exact) mass is 413 g/mol. The fourth-order valence-electron chi connectivity index (χ4n) is 1.55. The lowest BCUT2D eigenvalue weighted by Crippen LogP contribution is -2.37. The van der Waals surface area contributed by atoms with Crippen molar-refractivity contribution in [2.45, 2.75) is 26.3 Å². The van der Waals surface area contributed by atoms with E-state index in [4.69, 9.17) is 0 Å². The molecule has 110 valence electrons. The minimum Gasteiger partial charge on any atom is -0.356 e. The first-order valence-electron chi connectivity index (χ1n) is 6.24. The Morgan fingerprint density at radius 2 is 2.16 bits per heavy atom. The average molecular weight is 413 g/mol. The zero-order chi connectivity index (χ0) is 13.2. The van der Waals surface area contributed by atoms with Crippen LogP contribution in [0.4, 0.5) is 0 Å². The molecule has 2 N–H and O–H groups in total. The molecule has 0 aromatic carbocycles. The van der Waals surface area contributed by atoms with Crippen LogP contribution in [0.3, 0.4) is 0 Å². The standard InChI is InChI=1S/C13H23N3S2.HI/c1-11-6-9-18-12(11)10-16-13(14-2)15-7-4-5-8-17-3;/h6,9H,4-5,7-8,10H2,1-3H3,(H2,14,15,16);1H. The van der Waals surface area contributed by atoms with Crippen LogP contribution in [0.5, 0.6) is 0 Å². The fraction of sp³-hybridized carbons (Fsp3) is 0.615. The summed E-state index contributed by atoms with van der Waals surface area (Å²) in [6.07, 6.45) is 4.60. The highest BCUT2D eigenvalue weighted by molar-refractivity contribution is 14.0. The molecular weight excluding hydrogens is 389 g/mol. The summed E-state index contributed by atoms with van der Waals surface area (Å²) >= 11 is 3.69. The van der Waals surface area contributed by atoms with Crippen molar-refractivity contribution < 1.29 is 0 Å². The van der Waals surface area contributed by atoms with Crippen molar-refractivity contribution in [1.29, 1.82) is 0 Å². The maximum absolute atomic E-state index is 4.23. The van der Waals surface area contributed by atoms with Crippen LogP contribution in [0.15, 0.2) is 16.4 Å². The van der Waals surface area contributed by atoms with Crippen LogP contribution >= 0.6 is 47.1 Å². The minimum absolute atomic E-state index is 0. The summed E-state index contributed by atoms with van der Waals surface area (Å²) in [5, 5.41) is 8.82. The molecule has 0 aliphatic heterocycles. The van der Waals surface area contributed by atoms with Crippen LogP contribution in [-0.2, 0) is 6.54 Å². The summed E-state index contributed by atoms with van der Waals surface area (Å²) in [4.78, 5) is 5.60. The summed E-state index contributed by atoms with van der Waals surface area (Å²) in [5.41, 5.74) is 1.35. The summed E-state index contributed by atoms with van der Waals surface area (Å²) in [5.74, 6) is 2.13. The lowest BCUT2D eigenvalue weighted by molar-refractivity contribution is 0.734. The first kappa shape index (κ1) is 19.1. The van der Waals surface area contributed by atoms with Crippen molar-refractivity contribution >= 4 is 53.0 Å². The molecule has 0 spiro atoms. The van der Waals surface area contributed by atoms with Crippen LogP contribution < -0.4 is 10.6 Å². The molecule has 0 saturated heterocycles. The van der Waals surface area contributed by atoms with Gasteiger partial charge in [0, 0.05) is 18.5 Å². The SMILES string of the molecule is CN=C(NCCCCSC)NCc1sccc1C.I. The first-order chi connectivity index (χ1) is 8.77. The molecule has 0 unspecified atom stereocenters. The Morgan fingerprint density at radius 1 is 1.37 bits per heavy atom. The molecular formula is C13H24IN3S2. The third kappa shape index (κ3) is 8.04. The Labute approximate surface area is 142 Å². The van der Waals surface area contributed by atoms with Gasteiger partial charge in [0.15, 0.2) is 5.96 Å². The quantitative estimate of drug-likeness (QED) is 0.311. The highest BCUT2D eigenvalue weighted by Crippen LogP contribution is 2.14. The molecule has 0 aliphatic rings. The minimum atomic E-state index is 0. The van der Waals surface area contributed by atoms with Crippen LogP contribution in [0.1, 0.15) is 23.3 Å². The van der Waals surface area contributed by atoms with Gasteiger partial charge in [0.2, 0.25) is 0 Å². The van der Waals surface area contributed by atoms with E-state index in [1.54, 1.807) is 11.3 Å². The molecule has 0 saturated carbocycles. The van der Waals surface area contributed by atoms with Crippen LogP contribution in [0, 0.1) is 6.92 Å². The van der Waals surface area contributed by atoms with Gasteiger partial charge in [-0.05, 0) is 48.8 Å². The zero-order valence-electron chi connectivity index (χ0n) is 11.9. The Morgan fingerprint density at radius 3 is 2.74 bits per heavy atom. The topological polar surface area (TPSA) is 36.4 Å². The van der Waals surface area contributed by atoms with Gasteiger partial charge in [-0.15, -0.1) is 35.3 Å². The fourth-order valence-corrected chi connectivity index (χ4v) is 2.89. The molecule has 0 atom stereocenters. The van der Waals surface area contributed by atoms with Crippen molar-refractivity contribution in [3.63, 3.8) is 0 Å². The van der Waals surface area contributed by atoms with Crippen molar-refractivity contribution in [2.75, 3.05) is 25.6 Å². The number of aliphatic imine (C=N–C) groups is 1. The van der Waals surface area contributed by atoms with E-state index in [-0.39, 0.29) is 24.0 Å². The summed E-state index contributed by atoms with van der Waals surface area (Å²) in [7, 11) is 1.82. The summed E-state index contributed by atoms with van der Waals surface area (Å²) in [6, 6.07) is 2.15. The average Bonchev–Trinajstić information content (AvgIpc) is 2.78.